The molecule has 2 N–H and O–H groups in total. The van der Waals surface area contributed by atoms with Crippen molar-refractivity contribution < 1.29 is 23.5 Å². The maximum Gasteiger partial charge on any atom is 0.348 e. The molecule has 140 valence electrons. The van der Waals surface area contributed by atoms with Crippen molar-refractivity contribution in [2.24, 2.45) is 5.73 Å². The molecule has 0 atom stereocenters. The second-order valence-corrected chi connectivity index (χ2v) is 7.06. The van der Waals surface area contributed by atoms with E-state index in [2.05, 4.69) is 0 Å². The highest BCUT2D eigenvalue weighted by atomic mass is 35.5. The van der Waals surface area contributed by atoms with Crippen molar-refractivity contribution in [3.63, 3.8) is 0 Å². The first-order valence-electron chi connectivity index (χ1n) is 8.01. The summed E-state index contributed by atoms with van der Waals surface area (Å²) in [6.07, 6.45) is 0. The van der Waals surface area contributed by atoms with E-state index in [1.807, 2.05) is 0 Å². The largest absolute Gasteiger partial charge is 0.489 e. The van der Waals surface area contributed by atoms with Gasteiger partial charge in [0.2, 0.25) is 5.91 Å². The molecule has 0 aliphatic heterocycles. The Morgan fingerprint density at radius 3 is 2.56 bits per heavy atom. The molecule has 1 heterocycles. The van der Waals surface area contributed by atoms with Crippen LogP contribution in [-0.4, -0.2) is 18.5 Å². The molecule has 2 aromatic carbocycles. The maximum absolute atomic E-state index is 14.5. The number of rotatable bonds is 6. The zero-order valence-corrected chi connectivity index (χ0v) is 15.8. The summed E-state index contributed by atoms with van der Waals surface area (Å²) in [7, 11) is 0. The summed E-state index contributed by atoms with van der Waals surface area (Å²) in [6.45, 7) is 1.84. The SMILES string of the molecule is CCOC(=O)c1sc2cc(Cl)cc(F)c2c1COc1ccc(C(N)=O)cc1. The molecule has 3 rings (SSSR count). The van der Waals surface area contributed by atoms with Gasteiger partial charge in [-0.15, -0.1) is 11.3 Å². The van der Waals surface area contributed by atoms with Crippen molar-refractivity contribution in [2.45, 2.75) is 13.5 Å². The number of benzene rings is 2. The molecule has 1 aromatic heterocycles. The van der Waals surface area contributed by atoms with Crippen LogP contribution in [0.5, 0.6) is 5.75 Å². The molecule has 3 aromatic rings. The number of fused-ring (bicyclic) bond motifs is 1. The van der Waals surface area contributed by atoms with Gasteiger partial charge in [-0.25, -0.2) is 9.18 Å². The van der Waals surface area contributed by atoms with Gasteiger partial charge in [0.1, 0.15) is 23.1 Å². The summed E-state index contributed by atoms with van der Waals surface area (Å²) >= 11 is 7.02. The van der Waals surface area contributed by atoms with Crippen molar-refractivity contribution in [2.75, 3.05) is 6.61 Å². The first-order valence-corrected chi connectivity index (χ1v) is 9.20. The molecule has 0 radical (unpaired) electrons. The number of esters is 1. The smallest absolute Gasteiger partial charge is 0.348 e. The average molecular weight is 408 g/mol. The predicted molar refractivity (Wildman–Crippen MR) is 102 cm³/mol. The summed E-state index contributed by atoms with van der Waals surface area (Å²) < 4.78 is 25.8. The van der Waals surface area contributed by atoms with Gasteiger partial charge in [-0.1, -0.05) is 11.6 Å². The van der Waals surface area contributed by atoms with Crippen LogP contribution in [0.2, 0.25) is 5.02 Å². The molecule has 0 saturated heterocycles. The molecule has 5 nitrogen and oxygen atoms in total. The summed E-state index contributed by atoms with van der Waals surface area (Å²) in [5.41, 5.74) is 5.94. The van der Waals surface area contributed by atoms with Gasteiger partial charge in [-0.05, 0) is 43.3 Å². The molecular formula is C19H15ClFNO4S. The third kappa shape index (κ3) is 4.04. The van der Waals surface area contributed by atoms with Gasteiger partial charge in [0.15, 0.2) is 0 Å². The van der Waals surface area contributed by atoms with Crippen LogP contribution in [-0.2, 0) is 11.3 Å². The number of hydrogen-bond donors (Lipinski definition) is 1. The summed E-state index contributed by atoms with van der Waals surface area (Å²) in [4.78, 5) is 23.7. The number of primary amides is 1. The van der Waals surface area contributed by atoms with E-state index >= 15 is 0 Å². The molecule has 0 spiro atoms. The molecule has 0 fully saturated rings. The number of ether oxygens (including phenoxy) is 2. The fourth-order valence-corrected chi connectivity index (χ4v) is 4.00. The fourth-order valence-electron chi connectivity index (χ4n) is 2.58. The minimum Gasteiger partial charge on any atom is -0.489 e. The van der Waals surface area contributed by atoms with Crippen LogP contribution in [0.1, 0.15) is 32.5 Å². The molecule has 0 bridgehead atoms. The van der Waals surface area contributed by atoms with E-state index in [9.17, 15) is 14.0 Å². The van der Waals surface area contributed by atoms with Crippen molar-refractivity contribution in [1.29, 1.82) is 0 Å². The highest BCUT2D eigenvalue weighted by Gasteiger charge is 2.23. The Morgan fingerprint density at radius 2 is 1.93 bits per heavy atom. The van der Waals surface area contributed by atoms with Crippen LogP contribution in [0.15, 0.2) is 36.4 Å². The molecule has 27 heavy (non-hydrogen) atoms. The third-order valence-corrected chi connectivity index (χ3v) is 5.17. The van der Waals surface area contributed by atoms with E-state index in [0.717, 1.165) is 11.3 Å². The molecule has 0 unspecified atom stereocenters. The zero-order chi connectivity index (χ0) is 19.6. The Labute approximate surface area is 163 Å². The minimum atomic E-state index is -0.547. The van der Waals surface area contributed by atoms with Crippen molar-refractivity contribution in [3.8, 4) is 5.75 Å². The fraction of sp³-hybridized carbons (Fsp3) is 0.158. The standard InChI is InChI=1S/C19H15ClFNO4S/c1-2-25-19(24)17-13(16-14(21)7-11(20)8-15(16)27-17)9-26-12-5-3-10(4-6-12)18(22)23/h3-8H,2,9H2,1H3,(H2,22,23). The van der Waals surface area contributed by atoms with E-state index in [1.165, 1.54) is 18.2 Å². The lowest BCUT2D eigenvalue weighted by atomic mass is 10.1. The molecule has 0 saturated carbocycles. The normalized spacial score (nSPS) is 10.8. The number of amides is 1. The Balaban J connectivity index is 1.97. The number of nitrogens with two attached hydrogens (primary N) is 1. The quantitative estimate of drug-likeness (QED) is 0.608. The average Bonchev–Trinajstić information content (AvgIpc) is 2.99. The Kier molecular flexibility index (Phi) is 5.62. The highest BCUT2D eigenvalue weighted by Crippen LogP contribution is 2.36. The van der Waals surface area contributed by atoms with Gasteiger partial charge in [0, 0.05) is 26.2 Å². The van der Waals surface area contributed by atoms with Crippen LogP contribution < -0.4 is 10.5 Å². The van der Waals surface area contributed by atoms with Gasteiger partial charge >= 0.3 is 5.97 Å². The maximum atomic E-state index is 14.5. The van der Waals surface area contributed by atoms with Crippen LogP contribution in [0, 0.1) is 5.82 Å². The van der Waals surface area contributed by atoms with Crippen molar-refractivity contribution in [3.05, 3.63) is 63.2 Å². The van der Waals surface area contributed by atoms with E-state index in [-0.39, 0.29) is 28.5 Å². The molecule has 8 heteroatoms. The monoisotopic (exact) mass is 407 g/mol. The van der Waals surface area contributed by atoms with Crippen LogP contribution in [0.25, 0.3) is 10.1 Å². The van der Waals surface area contributed by atoms with E-state index in [1.54, 1.807) is 25.1 Å². The number of halogens is 2. The third-order valence-electron chi connectivity index (χ3n) is 3.79. The summed E-state index contributed by atoms with van der Waals surface area (Å²) in [5.74, 6) is -1.18. The van der Waals surface area contributed by atoms with Crippen LogP contribution in [0.3, 0.4) is 0 Å². The van der Waals surface area contributed by atoms with Gasteiger partial charge < -0.3 is 15.2 Å². The Hall–Kier alpha value is -2.64. The zero-order valence-electron chi connectivity index (χ0n) is 14.3. The first kappa shape index (κ1) is 19.1. The van der Waals surface area contributed by atoms with Crippen molar-refractivity contribution in [1.82, 2.24) is 0 Å². The predicted octanol–water partition coefficient (Wildman–Crippen LogP) is 4.55. The van der Waals surface area contributed by atoms with Gasteiger partial charge in [-0.3, -0.25) is 4.79 Å². The number of thiophene rings is 1. The highest BCUT2D eigenvalue weighted by molar-refractivity contribution is 7.21. The Morgan fingerprint density at radius 1 is 1.22 bits per heavy atom. The van der Waals surface area contributed by atoms with Crippen LogP contribution >= 0.6 is 22.9 Å². The number of carbonyl (C=O) groups is 2. The van der Waals surface area contributed by atoms with Gasteiger partial charge in [0.05, 0.1) is 6.61 Å². The van der Waals surface area contributed by atoms with E-state index in [0.29, 0.717) is 21.6 Å². The number of hydrogen-bond acceptors (Lipinski definition) is 5. The first-order chi connectivity index (χ1) is 12.9. The van der Waals surface area contributed by atoms with E-state index < -0.39 is 17.7 Å². The molecular weight excluding hydrogens is 393 g/mol. The molecule has 0 aliphatic carbocycles. The topological polar surface area (TPSA) is 78.6 Å². The van der Waals surface area contributed by atoms with Gasteiger partial charge in [-0.2, -0.15) is 0 Å². The Bertz CT molecular complexity index is 1020. The lowest BCUT2D eigenvalue weighted by Crippen LogP contribution is -2.10. The van der Waals surface area contributed by atoms with Crippen molar-refractivity contribution >= 4 is 44.9 Å². The molecule has 0 aliphatic rings. The van der Waals surface area contributed by atoms with E-state index in [4.69, 9.17) is 26.8 Å². The number of carbonyl (C=O) groups excluding carboxylic acids is 2. The van der Waals surface area contributed by atoms with Crippen LogP contribution in [0.4, 0.5) is 4.39 Å². The second kappa shape index (κ2) is 7.94. The molecule has 1 amide bonds. The van der Waals surface area contributed by atoms with Gasteiger partial charge in [0.25, 0.3) is 0 Å². The second-order valence-electron chi connectivity index (χ2n) is 5.57. The minimum absolute atomic E-state index is 0.0530. The summed E-state index contributed by atoms with van der Waals surface area (Å²) in [5, 5.41) is 0.521. The summed E-state index contributed by atoms with van der Waals surface area (Å²) in [6, 6.07) is 8.99. The lowest BCUT2D eigenvalue weighted by Gasteiger charge is -2.09. The lowest BCUT2D eigenvalue weighted by molar-refractivity contribution is 0.0529.